The molecule has 0 aliphatic carbocycles. The Labute approximate surface area is 152 Å². The third kappa shape index (κ3) is 4.15. The summed E-state index contributed by atoms with van der Waals surface area (Å²) in [7, 11) is 4.01. The molecule has 2 aromatic rings. The van der Waals surface area contributed by atoms with Crippen LogP contribution in [0.4, 0.5) is 5.13 Å². The van der Waals surface area contributed by atoms with E-state index in [2.05, 4.69) is 9.88 Å². The van der Waals surface area contributed by atoms with E-state index in [9.17, 15) is 4.79 Å². The van der Waals surface area contributed by atoms with Crippen molar-refractivity contribution in [1.82, 2.24) is 9.88 Å². The van der Waals surface area contributed by atoms with E-state index >= 15 is 0 Å². The zero-order valence-corrected chi connectivity index (χ0v) is 15.6. The number of rotatable bonds is 5. The van der Waals surface area contributed by atoms with Crippen molar-refractivity contribution in [3.05, 3.63) is 45.9 Å². The van der Waals surface area contributed by atoms with Gasteiger partial charge in [-0.2, -0.15) is 0 Å². The summed E-state index contributed by atoms with van der Waals surface area (Å²) >= 11 is 7.73. The Kier molecular flexibility index (Phi) is 5.54. The number of Topliss-reactive ketones (excluding diaryl/α,β-unsaturated/α-hetero) is 1. The van der Waals surface area contributed by atoms with Gasteiger partial charge in [0.1, 0.15) is 0 Å². The van der Waals surface area contributed by atoms with Gasteiger partial charge in [0.2, 0.25) is 0 Å². The Bertz CT molecular complexity index is 716. The van der Waals surface area contributed by atoms with Gasteiger partial charge >= 0.3 is 0 Å². The van der Waals surface area contributed by atoms with E-state index in [-0.39, 0.29) is 11.7 Å². The lowest BCUT2D eigenvalue weighted by molar-refractivity contribution is 0.0812. The monoisotopic (exact) mass is 363 g/mol. The van der Waals surface area contributed by atoms with Gasteiger partial charge in [0, 0.05) is 54.8 Å². The van der Waals surface area contributed by atoms with Crippen molar-refractivity contribution in [2.24, 2.45) is 5.92 Å². The molecule has 6 heteroatoms. The molecule has 0 bridgehead atoms. The molecule has 0 spiro atoms. The van der Waals surface area contributed by atoms with Gasteiger partial charge in [0.15, 0.2) is 10.9 Å². The number of nitrogens with zero attached hydrogens (tertiary/aromatic N) is 3. The second kappa shape index (κ2) is 7.64. The van der Waals surface area contributed by atoms with Gasteiger partial charge in [-0.3, -0.25) is 9.69 Å². The Morgan fingerprint density at radius 2 is 2.29 bits per heavy atom. The summed E-state index contributed by atoms with van der Waals surface area (Å²) in [6.45, 7) is 2.71. The predicted octanol–water partition coefficient (Wildman–Crippen LogP) is 3.96. The van der Waals surface area contributed by atoms with Crippen molar-refractivity contribution < 1.29 is 4.79 Å². The molecular formula is C18H22ClN3OS. The van der Waals surface area contributed by atoms with E-state index < -0.39 is 0 Å². The second-order valence-electron chi connectivity index (χ2n) is 6.45. The van der Waals surface area contributed by atoms with Crippen LogP contribution in [0.3, 0.4) is 0 Å². The lowest BCUT2D eigenvalue weighted by Gasteiger charge is -2.31. The number of hydrogen-bond acceptors (Lipinski definition) is 5. The topological polar surface area (TPSA) is 36.4 Å². The standard InChI is InChI=1S/C18H22ClN3OS/c1-21(2)18-20-10-16(24-18)12-22-8-4-6-14(11-22)17(23)13-5-3-7-15(19)9-13/h3,5,7,9-10,14H,4,6,8,11-12H2,1-2H3. The fourth-order valence-corrected chi connectivity index (χ4v) is 4.15. The summed E-state index contributed by atoms with van der Waals surface area (Å²) in [5, 5.41) is 1.64. The molecule has 1 atom stereocenters. The first kappa shape index (κ1) is 17.4. The van der Waals surface area contributed by atoms with E-state index in [1.54, 1.807) is 23.5 Å². The Morgan fingerprint density at radius 3 is 3.00 bits per heavy atom. The number of halogens is 1. The quantitative estimate of drug-likeness (QED) is 0.753. The van der Waals surface area contributed by atoms with Crippen LogP contribution >= 0.6 is 22.9 Å². The number of carbonyl (C=O) groups excluding carboxylic acids is 1. The first-order valence-electron chi connectivity index (χ1n) is 8.17. The van der Waals surface area contributed by atoms with E-state index in [0.29, 0.717) is 5.02 Å². The van der Waals surface area contributed by atoms with Crippen molar-refractivity contribution in [2.45, 2.75) is 19.4 Å². The maximum atomic E-state index is 12.7. The van der Waals surface area contributed by atoms with Gasteiger partial charge in [0.25, 0.3) is 0 Å². The number of likely N-dealkylation sites (tertiary alicyclic amines) is 1. The lowest BCUT2D eigenvalue weighted by Crippen LogP contribution is -2.38. The number of ketones is 1. The van der Waals surface area contributed by atoms with Crippen LogP contribution in [0.2, 0.25) is 5.02 Å². The van der Waals surface area contributed by atoms with Gasteiger partial charge in [-0.15, -0.1) is 11.3 Å². The highest BCUT2D eigenvalue weighted by atomic mass is 35.5. The van der Waals surface area contributed by atoms with Crippen molar-refractivity contribution in [2.75, 3.05) is 32.1 Å². The molecule has 1 fully saturated rings. The van der Waals surface area contributed by atoms with Crippen LogP contribution in [0.25, 0.3) is 0 Å². The summed E-state index contributed by atoms with van der Waals surface area (Å²) < 4.78 is 0. The average molecular weight is 364 g/mol. The highest BCUT2D eigenvalue weighted by Gasteiger charge is 2.27. The molecule has 0 amide bonds. The van der Waals surface area contributed by atoms with Gasteiger partial charge in [-0.1, -0.05) is 23.7 Å². The molecule has 0 radical (unpaired) electrons. The van der Waals surface area contributed by atoms with Crippen LogP contribution < -0.4 is 4.90 Å². The van der Waals surface area contributed by atoms with Gasteiger partial charge < -0.3 is 4.90 Å². The SMILES string of the molecule is CN(C)c1ncc(CN2CCCC(C(=O)c3cccc(Cl)c3)C2)s1. The van der Waals surface area contributed by atoms with E-state index in [4.69, 9.17) is 11.6 Å². The Balaban J connectivity index is 1.64. The van der Waals surface area contributed by atoms with Crippen LogP contribution in [-0.4, -0.2) is 42.9 Å². The maximum absolute atomic E-state index is 12.7. The highest BCUT2D eigenvalue weighted by Crippen LogP contribution is 2.26. The predicted molar refractivity (Wildman–Crippen MR) is 100 cm³/mol. The van der Waals surface area contributed by atoms with Gasteiger partial charge in [-0.05, 0) is 31.5 Å². The zero-order valence-electron chi connectivity index (χ0n) is 14.0. The normalized spacial score (nSPS) is 18.5. The molecule has 1 saturated heterocycles. The Morgan fingerprint density at radius 1 is 1.46 bits per heavy atom. The molecule has 1 aromatic heterocycles. The number of anilines is 1. The van der Waals surface area contributed by atoms with E-state index in [1.165, 1.54) is 4.88 Å². The number of aromatic nitrogens is 1. The highest BCUT2D eigenvalue weighted by molar-refractivity contribution is 7.15. The summed E-state index contributed by atoms with van der Waals surface area (Å²) in [6.07, 6.45) is 3.95. The van der Waals surface area contributed by atoms with Crippen LogP contribution in [0.15, 0.2) is 30.5 Å². The number of benzene rings is 1. The Hall–Kier alpha value is -1.43. The summed E-state index contributed by atoms with van der Waals surface area (Å²) in [6, 6.07) is 7.28. The van der Waals surface area contributed by atoms with Crippen molar-refractivity contribution in [1.29, 1.82) is 0 Å². The molecule has 1 aromatic carbocycles. The zero-order chi connectivity index (χ0) is 17.1. The minimum Gasteiger partial charge on any atom is -0.354 e. The summed E-state index contributed by atoms with van der Waals surface area (Å²) in [4.78, 5) is 22.8. The maximum Gasteiger partial charge on any atom is 0.185 e. The van der Waals surface area contributed by atoms with E-state index in [0.717, 1.165) is 43.2 Å². The molecule has 1 aliphatic heterocycles. The third-order valence-corrected chi connectivity index (χ3v) is 5.67. The van der Waals surface area contributed by atoms with Gasteiger partial charge in [0.05, 0.1) is 0 Å². The van der Waals surface area contributed by atoms with Gasteiger partial charge in [-0.25, -0.2) is 4.98 Å². The van der Waals surface area contributed by atoms with Crippen molar-refractivity contribution in [3.8, 4) is 0 Å². The average Bonchev–Trinajstić information content (AvgIpc) is 3.03. The molecule has 3 rings (SSSR count). The number of piperidine rings is 1. The molecule has 1 aliphatic rings. The fourth-order valence-electron chi connectivity index (χ4n) is 3.09. The van der Waals surface area contributed by atoms with Crippen molar-refractivity contribution >= 4 is 33.9 Å². The molecule has 1 unspecified atom stereocenters. The number of thiazole rings is 1. The smallest absolute Gasteiger partial charge is 0.185 e. The summed E-state index contributed by atoms with van der Waals surface area (Å²) in [5.41, 5.74) is 0.724. The van der Waals surface area contributed by atoms with Crippen LogP contribution in [-0.2, 0) is 6.54 Å². The molecule has 128 valence electrons. The molecule has 0 saturated carbocycles. The van der Waals surface area contributed by atoms with Crippen LogP contribution in [0.5, 0.6) is 0 Å². The first-order valence-corrected chi connectivity index (χ1v) is 9.36. The molecule has 0 N–H and O–H groups in total. The molecule has 4 nitrogen and oxygen atoms in total. The fraction of sp³-hybridized carbons (Fsp3) is 0.444. The van der Waals surface area contributed by atoms with E-state index in [1.807, 2.05) is 37.3 Å². The largest absolute Gasteiger partial charge is 0.354 e. The lowest BCUT2D eigenvalue weighted by atomic mass is 9.90. The third-order valence-electron chi connectivity index (χ3n) is 4.29. The second-order valence-corrected chi connectivity index (χ2v) is 7.98. The minimum absolute atomic E-state index is 0.0541. The summed E-state index contributed by atoms with van der Waals surface area (Å²) in [5.74, 6) is 0.263. The minimum atomic E-state index is 0.0541. The first-order chi connectivity index (χ1) is 11.5. The van der Waals surface area contributed by atoms with Crippen molar-refractivity contribution in [3.63, 3.8) is 0 Å². The van der Waals surface area contributed by atoms with Crippen LogP contribution in [0, 0.1) is 5.92 Å². The molecule has 2 heterocycles. The molecular weight excluding hydrogens is 342 g/mol. The number of carbonyl (C=O) groups is 1. The molecule has 24 heavy (non-hydrogen) atoms. The number of hydrogen-bond donors (Lipinski definition) is 0. The van der Waals surface area contributed by atoms with Crippen LogP contribution in [0.1, 0.15) is 28.1 Å².